The fourth-order valence-corrected chi connectivity index (χ4v) is 4.45. The largest absolute Gasteiger partial charge is 0.324 e. The van der Waals surface area contributed by atoms with Crippen molar-refractivity contribution in [3.05, 3.63) is 54.6 Å². The average Bonchev–Trinajstić information content (AvgIpc) is 3.15. The minimum Gasteiger partial charge on any atom is -0.324 e. The van der Waals surface area contributed by atoms with Crippen LogP contribution in [-0.4, -0.2) is 28.5 Å². The summed E-state index contributed by atoms with van der Waals surface area (Å²) in [6.07, 6.45) is 1.68. The van der Waals surface area contributed by atoms with Crippen LogP contribution >= 0.6 is 45.7 Å². The van der Waals surface area contributed by atoms with Crippen molar-refractivity contribution >= 4 is 74.5 Å². The second kappa shape index (κ2) is 7.71. The van der Waals surface area contributed by atoms with E-state index in [-0.39, 0.29) is 6.54 Å². The molecule has 5 nitrogen and oxygen atoms in total. The quantitative estimate of drug-likeness (QED) is 0.518. The van der Waals surface area contributed by atoms with Crippen LogP contribution in [0.3, 0.4) is 0 Å². The van der Waals surface area contributed by atoms with Crippen molar-refractivity contribution in [2.45, 2.75) is 6.92 Å². The Hall–Kier alpha value is -1.65. The summed E-state index contributed by atoms with van der Waals surface area (Å²) < 4.78 is 1.07. The molecule has 0 atom stereocenters. The molecule has 1 aliphatic heterocycles. The first-order chi connectivity index (χ1) is 11.9. The molecule has 1 N–H and O–H groups in total. The van der Waals surface area contributed by atoms with Gasteiger partial charge in [0.05, 0.1) is 4.91 Å². The highest BCUT2D eigenvalue weighted by atomic mass is 127. The van der Waals surface area contributed by atoms with Crippen molar-refractivity contribution in [2.75, 3.05) is 11.9 Å². The molecule has 1 saturated heterocycles. The smallest absolute Gasteiger partial charge is 0.294 e. The molecular weight excluding hydrogens is 471 g/mol. The third-order valence-corrected chi connectivity index (χ3v) is 5.85. The normalized spacial score (nSPS) is 15.9. The monoisotopic (exact) mass is 484 g/mol. The van der Waals surface area contributed by atoms with Crippen molar-refractivity contribution < 1.29 is 14.4 Å². The van der Waals surface area contributed by atoms with Gasteiger partial charge in [0.15, 0.2) is 0 Å². The lowest BCUT2D eigenvalue weighted by molar-refractivity contribution is -0.127. The Labute approximate surface area is 166 Å². The summed E-state index contributed by atoms with van der Waals surface area (Å²) in [5.41, 5.74) is 1.60. The van der Waals surface area contributed by atoms with Crippen LogP contribution in [0.15, 0.2) is 40.6 Å². The van der Waals surface area contributed by atoms with Crippen LogP contribution in [0.25, 0.3) is 6.08 Å². The maximum atomic E-state index is 12.4. The van der Waals surface area contributed by atoms with Gasteiger partial charge in [0.2, 0.25) is 5.91 Å². The van der Waals surface area contributed by atoms with Gasteiger partial charge < -0.3 is 5.32 Å². The van der Waals surface area contributed by atoms with Gasteiger partial charge in [0.25, 0.3) is 11.1 Å². The van der Waals surface area contributed by atoms with Crippen LogP contribution in [0.4, 0.5) is 10.5 Å². The maximum Gasteiger partial charge on any atom is 0.294 e. The summed E-state index contributed by atoms with van der Waals surface area (Å²) in [5.74, 6) is -0.832. The predicted molar refractivity (Wildman–Crippen MR) is 110 cm³/mol. The number of carbonyl (C=O) groups is 3. The second-order valence-electron chi connectivity index (χ2n) is 5.29. The Morgan fingerprint density at radius 2 is 2.12 bits per heavy atom. The van der Waals surface area contributed by atoms with E-state index in [2.05, 4.69) is 27.9 Å². The Bertz CT molecular complexity index is 878. The zero-order chi connectivity index (χ0) is 18.0. The molecule has 0 saturated carbocycles. The van der Waals surface area contributed by atoms with Gasteiger partial charge in [-0.15, -0.1) is 11.3 Å². The lowest BCUT2D eigenvalue weighted by Gasteiger charge is -2.13. The van der Waals surface area contributed by atoms with Gasteiger partial charge in [-0.1, -0.05) is 6.07 Å². The van der Waals surface area contributed by atoms with E-state index in [9.17, 15) is 14.4 Å². The Balaban J connectivity index is 1.69. The number of hydrogen-bond acceptors (Lipinski definition) is 5. The van der Waals surface area contributed by atoms with E-state index >= 15 is 0 Å². The Morgan fingerprint density at radius 1 is 1.32 bits per heavy atom. The maximum absolute atomic E-state index is 12.4. The highest BCUT2D eigenvalue weighted by Gasteiger charge is 2.36. The third-order valence-electron chi connectivity index (χ3n) is 3.45. The van der Waals surface area contributed by atoms with E-state index < -0.39 is 17.1 Å². The molecule has 1 fully saturated rings. The van der Waals surface area contributed by atoms with Gasteiger partial charge in [-0.3, -0.25) is 19.3 Å². The van der Waals surface area contributed by atoms with Gasteiger partial charge in [0.1, 0.15) is 6.54 Å². The van der Waals surface area contributed by atoms with Crippen LogP contribution in [0, 0.1) is 10.5 Å². The third kappa shape index (κ3) is 4.31. The highest BCUT2D eigenvalue weighted by molar-refractivity contribution is 14.1. The molecule has 25 heavy (non-hydrogen) atoms. The first-order valence-electron chi connectivity index (χ1n) is 7.29. The highest BCUT2D eigenvalue weighted by Crippen LogP contribution is 2.32. The first-order valence-corrected chi connectivity index (χ1v) is 10.1. The minimum atomic E-state index is -0.433. The lowest BCUT2D eigenvalue weighted by atomic mass is 10.2. The number of halogens is 1. The molecule has 3 amide bonds. The molecule has 1 aliphatic rings. The first kappa shape index (κ1) is 18.2. The molecule has 2 heterocycles. The molecule has 0 radical (unpaired) electrons. The fourth-order valence-electron chi connectivity index (χ4n) is 2.24. The lowest BCUT2D eigenvalue weighted by Crippen LogP contribution is -2.36. The molecule has 0 unspecified atom stereocenters. The molecule has 0 spiro atoms. The summed E-state index contributed by atoms with van der Waals surface area (Å²) in [7, 11) is 0. The van der Waals surface area contributed by atoms with Crippen molar-refractivity contribution in [2.24, 2.45) is 0 Å². The van der Waals surface area contributed by atoms with Crippen LogP contribution in [-0.2, 0) is 9.59 Å². The minimum absolute atomic E-state index is 0.294. The van der Waals surface area contributed by atoms with Crippen LogP contribution in [0.1, 0.15) is 10.4 Å². The predicted octanol–water partition coefficient (Wildman–Crippen LogP) is 4.34. The standard InChI is InChI=1S/C17H13IN2O3S2/c1-10-7-11(18)4-5-13(10)19-15(21)9-20-16(22)14(25-17(20)23)8-12-3-2-6-24-12/h2-8H,9H2,1H3,(H,19,21)/b14-8-. The number of thiophene rings is 1. The molecule has 0 aliphatic carbocycles. The molecule has 2 aromatic rings. The second-order valence-corrected chi connectivity index (χ2v) is 8.51. The fraction of sp³-hybridized carbons (Fsp3) is 0.118. The average molecular weight is 484 g/mol. The summed E-state index contributed by atoms with van der Waals surface area (Å²) in [5, 5.41) is 4.22. The van der Waals surface area contributed by atoms with E-state index in [4.69, 9.17) is 0 Å². The molecule has 0 bridgehead atoms. The zero-order valence-corrected chi connectivity index (χ0v) is 16.9. The number of thioether (sulfide) groups is 1. The van der Waals surface area contributed by atoms with Gasteiger partial charge in [-0.25, -0.2) is 0 Å². The van der Waals surface area contributed by atoms with Crippen molar-refractivity contribution in [3.8, 4) is 0 Å². The number of hydrogen-bond donors (Lipinski definition) is 1. The van der Waals surface area contributed by atoms with Crippen LogP contribution < -0.4 is 5.32 Å². The van der Waals surface area contributed by atoms with E-state index in [0.29, 0.717) is 10.6 Å². The number of anilines is 1. The van der Waals surface area contributed by atoms with Crippen LogP contribution in [0.2, 0.25) is 0 Å². The summed E-state index contributed by atoms with van der Waals surface area (Å²) >= 11 is 4.53. The van der Waals surface area contributed by atoms with Gasteiger partial charge in [-0.2, -0.15) is 0 Å². The van der Waals surface area contributed by atoms with Crippen molar-refractivity contribution in [3.63, 3.8) is 0 Å². The number of nitrogens with zero attached hydrogens (tertiary/aromatic N) is 1. The van der Waals surface area contributed by atoms with E-state index in [1.807, 2.05) is 36.6 Å². The number of benzene rings is 1. The molecule has 8 heteroatoms. The molecular formula is C17H13IN2O3S2. The molecule has 1 aromatic carbocycles. The number of amides is 3. The number of aryl methyl sites for hydroxylation is 1. The molecule has 1 aromatic heterocycles. The summed E-state index contributed by atoms with van der Waals surface area (Å²) in [4.78, 5) is 38.9. The molecule has 3 rings (SSSR count). The van der Waals surface area contributed by atoms with Gasteiger partial charge >= 0.3 is 0 Å². The zero-order valence-electron chi connectivity index (χ0n) is 13.1. The molecule has 128 valence electrons. The van der Waals surface area contributed by atoms with Crippen LogP contribution in [0.5, 0.6) is 0 Å². The summed E-state index contributed by atoms with van der Waals surface area (Å²) in [6.45, 7) is 1.60. The number of rotatable bonds is 4. The number of nitrogens with one attached hydrogen (secondary N) is 1. The Morgan fingerprint density at radius 3 is 2.80 bits per heavy atom. The number of carbonyl (C=O) groups excluding carboxylic acids is 3. The van der Waals surface area contributed by atoms with Gasteiger partial charge in [0, 0.05) is 14.1 Å². The van der Waals surface area contributed by atoms with Crippen molar-refractivity contribution in [1.29, 1.82) is 0 Å². The van der Waals surface area contributed by atoms with E-state index in [0.717, 1.165) is 30.7 Å². The SMILES string of the molecule is Cc1cc(I)ccc1NC(=O)CN1C(=O)S/C(=C\c2cccs2)C1=O. The van der Waals surface area contributed by atoms with E-state index in [1.54, 1.807) is 12.1 Å². The van der Waals surface area contributed by atoms with Crippen molar-refractivity contribution in [1.82, 2.24) is 4.90 Å². The Kier molecular flexibility index (Phi) is 5.60. The topological polar surface area (TPSA) is 66.5 Å². The van der Waals surface area contributed by atoms with Gasteiger partial charge in [-0.05, 0) is 82.6 Å². The summed E-state index contributed by atoms with van der Waals surface area (Å²) in [6, 6.07) is 9.37. The number of imide groups is 1. The van der Waals surface area contributed by atoms with E-state index in [1.165, 1.54) is 11.3 Å².